The first kappa shape index (κ1) is 23.1. The maximum atomic E-state index is 13.5. The summed E-state index contributed by atoms with van der Waals surface area (Å²) >= 11 is 1.21. The van der Waals surface area contributed by atoms with Crippen molar-refractivity contribution < 1.29 is 24.0 Å². The number of halogens is 1. The molecule has 1 unspecified atom stereocenters. The van der Waals surface area contributed by atoms with E-state index in [0.717, 1.165) is 24.6 Å². The molecule has 2 aromatic rings. The van der Waals surface area contributed by atoms with Crippen LogP contribution in [0.4, 0.5) is 4.39 Å². The molecule has 0 saturated carbocycles. The summed E-state index contributed by atoms with van der Waals surface area (Å²) < 4.78 is 13.5. The highest BCUT2D eigenvalue weighted by Crippen LogP contribution is 2.39. The highest BCUT2D eigenvalue weighted by atomic mass is 32.1. The summed E-state index contributed by atoms with van der Waals surface area (Å²) in [7, 11) is 0. The Hall–Kier alpha value is -2.58. The lowest BCUT2D eigenvalue weighted by atomic mass is 9.95. The molecular weight excluding hydrogens is 417 g/mol. The lowest BCUT2D eigenvalue weighted by Gasteiger charge is -2.28. The molecule has 0 saturated heterocycles. The molecule has 1 amide bonds. The number of Topliss-reactive ketones (excluding diaryl/α,β-unsaturated/α-hetero) is 1. The van der Waals surface area contributed by atoms with E-state index in [-0.39, 0.29) is 5.57 Å². The van der Waals surface area contributed by atoms with Crippen molar-refractivity contribution in [3.8, 4) is 0 Å². The molecule has 0 fully saturated rings. The van der Waals surface area contributed by atoms with Gasteiger partial charge in [0.05, 0.1) is 41.3 Å². The number of quaternary nitrogens is 1. The average Bonchev–Trinajstić information content (AvgIpc) is 3.21. The van der Waals surface area contributed by atoms with Gasteiger partial charge in [0.25, 0.3) is 0 Å². The van der Waals surface area contributed by atoms with E-state index in [9.17, 15) is 19.1 Å². The fraction of sp³-hybridized carbons (Fsp3) is 0.435. The lowest BCUT2D eigenvalue weighted by Crippen LogP contribution is -3.11. The van der Waals surface area contributed by atoms with Crippen LogP contribution in [0.5, 0.6) is 0 Å². The van der Waals surface area contributed by atoms with E-state index >= 15 is 0 Å². The Morgan fingerprint density at radius 3 is 2.42 bits per heavy atom. The van der Waals surface area contributed by atoms with Gasteiger partial charge in [0, 0.05) is 18.5 Å². The summed E-state index contributed by atoms with van der Waals surface area (Å²) in [5, 5.41) is 13.7. The second-order valence-electron chi connectivity index (χ2n) is 7.73. The van der Waals surface area contributed by atoms with Gasteiger partial charge >= 0.3 is 0 Å². The van der Waals surface area contributed by atoms with Crippen molar-refractivity contribution in [1.82, 2.24) is 9.88 Å². The Balaban J connectivity index is 1.97. The van der Waals surface area contributed by atoms with Gasteiger partial charge in [-0.3, -0.25) is 9.59 Å². The average molecular weight is 446 g/mol. The molecule has 0 spiro atoms. The van der Waals surface area contributed by atoms with Crippen LogP contribution < -0.4 is 10.0 Å². The summed E-state index contributed by atoms with van der Waals surface area (Å²) in [5.74, 6) is -2.34. The number of ketones is 1. The number of aromatic nitrogens is 1. The maximum absolute atomic E-state index is 13.5. The first-order valence-corrected chi connectivity index (χ1v) is 11.4. The minimum absolute atomic E-state index is 0.0708. The Labute approximate surface area is 186 Å². The number of hydrogen-bond donors (Lipinski definition) is 1. The molecule has 8 heteroatoms. The molecule has 1 aliphatic heterocycles. The smallest absolute Gasteiger partial charge is 0.239 e. The summed E-state index contributed by atoms with van der Waals surface area (Å²) in [6.45, 7) is 10.9. The van der Waals surface area contributed by atoms with E-state index in [1.807, 2.05) is 0 Å². The van der Waals surface area contributed by atoms with Crippen molar-refractivity contribution in [3.63, 3.8) is 0 Å². The zero-order valence-electron chi connectivity index (χ0n) is 18.3. The first-order valence-electron chi connectivity index (χ1n) is 10.6. The van der Waals surface area contributed by atoms with E-state index in [0.29, 0.717) is 29.1 Å². The first-order chi connectivity index (χ1) is 14.8. The van der Waals surface area contributed by atoms with Crippen molar-refractivity contribution in [2.24, 2.45) is 0 Å². The van der Waals surface area contributed by atoms with Crippen molar-refractivity contribution in [2.45, 2.75) is 40.2 Å². The predicted molar refractivity (Wildman–Crippen MR) is 115 cm³/mol. The second kappa shape index (κ2) is 9.70. The third-order valence-electron chi connectivity index (χ3n) is 5.75. The largest absolute Gasteiger partial charge is 0.868 e. The van der Waals surface area contributed by atoms with Gasteiger partial charge in [-0.15, -0.1) is 11.3 Å². The quantitative estimate of drug-likeness (QED) is 0.595. The van der Waals surface area contributed by atoms with Crippen molar-refractivity contribution in [3.05, 3.63) is 62.6 Å². The van der Waals surface area contributed by atoms with Crippen LogP contribution in [0.15, 0.2) is 35.6 Å². The minimum Gasteiger partial charge on any atom is -0.868 e. The van der Waals surface area contributed by atoms with Crippen LogP contribution in [-0.4, -0.2) is 47.8 Å². The highest BCUT2D eigenvalue weighted by Gasteiger charge is 2.40. The van der Waals surface area contributed by atoms with Crippen LogP contribution in [0, 0.1) is 19.7 Å². The molecule has 1 aromatic heterocycles. The highest BCUT2D eigenvalue weighted by molar-refractivity contribution is 7.14. The Bertz CT molecular complexity index is 996. The molecule has 6 nitrogen and oxygen atoms in total. The number of carbonyl (C=O) groups excluding carboxylic acids is 2. The summed E-state index contributed by atoms with van der Waals surface area (Å²) in [5.41, 5.74) is 1.03. The molecule has 0 radical (unpaired) electrons. The number of hydrogen-bond acceptors (Lipinski definition) is 5. The van der Waals surface area contributed by atoms with Crippen LogP contribution in [0.1, 0.15) is 52.2 Å². The molecule has 1 aromatic carbocycles. The summed E-state index contributed by atoms with van der Waals surface area (Å²) in [4.78, 5) is 33.8. The van der Waals surface area contributed by atoms with Crippen molar-refractivity contribution >= 4 is 23.0 Å². The van der Waals surface area contributed by atoms with Gasteiger partial charge in [0.1, 0.15) is 5.82 Å². The number of benzene rings is 1. The number of rotatable bonds is 9. The SMILES string of the molecule is CC[NH+](CC)CCCN1C(=O)C([O-])=C(C(=O)c2sc(C)nc2C)C1c1ccc(F)cc1. The zero-order valence-corrected chi connectivity index (χ0v) is 19.1. The van der Waals surface area contributed by atoms with Crippen LogP contribution in [0.2, 0.25) is 0 Å². The van der Waals surface area contributed by atoms with Gasteiger partial charge < -0.3 is 14.9 Å². The molecule has 166 valence electrons. The number of aryl methyl sites for hydroxylation is 2. The number of carbonyl (C=O) groups is 2. The number of nitrogens with zero attached hydrogens (tertiary/aromatic N) is 2. The number of nitrogens with one attached hydrogen (secondary N) is 1. The van der Waals surface area contributed by atoms with E-state index < -0.39 is 29.3 Å². The fourth-order valence-corrected chi connectivity index (χ4v) is 4.93. The lowest BCUT2D eigenvalue weighted by molar-refractivity contribution is -0.896. The predicted octanol–water partition coefficient (Wildman–Crippen LogP) is 1.59. The fourth-order valence-electron chi connectivity index (χ4n) is 4.06. The monoisotopic (exact) mass is 445 g/mol. The Kier molecular flexibility index (Phi) is 7.23. The number of thiazole rings is 1. The minimum atomic E-state index is -0.818. The molecule has 0 bridgehead atoms. The van der Waals surface area contributed by atoms with Crippen LogP contribution in [0.3, 0.4) is 0 Å². The third kappa shape index (κ3) is 4.70. The van der Waals surface area contributed by atoms with Crippen molar-refractivity contribution in [1.29, 1.82) is 0 Å². The standard InChI is InChI=1S/C23H28FN3O3S/c1-5-26(6-2)12-7-13-27-19(16-8-10-17(24)11-9-16)18(21(29)23(27)30)20(28)22-14(3)25-15(4)31-22/h8-11,19,29H,5-7,12-13H2,1-4H3. The third-order valence-corrected chi connectivity index (χ3v) is 6.83. The van der Waals surface area contributed by atoms with E-state index in [4.69, 9.17) is 0 Å². The van der Waals surface area contributed by atoms with E-state index in [1.54, 1.807) is 13.8 Å². The maximum Gasteiger partial charge on any atom is 0.239 e. The number of amides is 1. The van der Waals surface area contributed by atoms with Crippen LogP contribution >= 0.6 is 11.3 Å². The van der Waals surface area contributed by atoms with E-state index in [1.165, 1.54) is 45.4 Å². The Morgan fingerprint density at radius 2 is 1.87 bits per heavy atom. The molecule has 1 atom stereocenters. The van der Waals surface area contributed by atoms with Gasteiger partial charge in [-0.05, 0) is 51.2 Å². The second-order valence-corrected chi connectivity index (χ2v) is 8.94. The molecule has 31 heavy (non-hydrogen) atoms. The molecule has 3 rings (SSSR count). The van der Waals surface area contributed by atoms with Crippen LogP contribution in [-0.2, 0) is 4.79 Å². The zero-order chi connectivity index (χ0) is 22.7. The van der Waals surface area contributed by atoms with E-state index in [2.05, 4.69) is 18.8 Å². The van der Waals surface area contributed by atoms with Crippen molar-refractivity contribution in [2.75, 3.05) is 26.2 Å². The van der Waals surface area contributed by atoms with Crippen LogP contribution in [0.25, 0.3) is 0 Å². The Morgan fingerprint density at radius 1 is 1.23 bits per heavy atom. The normalized spacial score (nSPS) is 16.6. The molecule has 1 N–H and O–H groups in total. The molecule has 1 aliphatic rings. The molecule has 2 heterocycles. The van der Waals surface area contributed by atoms with Gasteiger partial charge in [-0.25, -0.2) is 9.37 Å². The van der Waals surface area contributed by atoms with Gasteiger partial charge in [0.2, 0.25) is 11.7 Å². The summed E-state index contributed by atoms with van der Waals surface area (Å²) in [6.07, 6.45) is 0.702. The summed E-state index contributed by atoms with van der Waals surface area (Å²) in [6, 6.07) is 4.82. The molecular formula is C23H28FN3O3S. The van der Waals surface area contributed by atoms with Gasteiger partial charge in [-0.1, -0.05) is 12.1 Å². The topological polar surface area (TPSA) is 77.8 Å². The van der Waals surface area contributed by atoms with Gasteiger partial charge in [-0.2, -0.15) is 0 Å². The molecule has 0 aliphatic carbocycles. The van der Waals surface area contributed by atoms with Gasteiger partial charge in [0.15, 0.2) is 0 Å².